The summed E-state index contributed by atoms with van der Waals surface area (Å²) in [4.78, 5) is 11.9. The van der Waals surface area contributed by atoms with Crippen molar-refractivity contribution in [3.63, 3.8) is 0 Å². The number of hydrogen-bond acceptors (Lipinski definition) is 3. The molecule has 0 bridgehead atoms. The van der Waals surface area contributed by atoms with E-state index in [1.807, 2.05) is 10.9 Å². The fourth-order valence-electron chi connectivity index (χ4n) is 2.33. The molecule has 1 aliphatic carbocycles. The van der Waals surface area contributed by atoms with Crippen LogP contribution >= 0.6 is 0 Å². The zero-order valence-corrected chi connectivity index (χ0v) is 12.4. The molecule has 2 amide bonds. The Morgan fingerprint density at radius 1 is 1.35 bits per heavy atom. The van der Waals surface area contributed by atoms with E-state index in [-0.39, 0.29) is 23.7 Å². The molecular weight excluding hydrogens is 256 g/mol. The van der Waals surface area contributed by atoms with Crippen LogP contribution in [-0.4, -0.2) is 33.1 Å². The van der Waals surface area contributed by atoms with Crippen LogP contribution in [0.25, 0.3) is 0 Å². The summed E-state index contributed by atoms with van der Waals surface area (Å²) >= 11 is 0. The first-order valence-corrected chi connectivity index (χ1v) is 7.15. The molecule has 0 spiro atoms. The van der Waals surface area contributed by atoms with Crippen LogP contribution in [0.5, 0.6) is 0 Å². The van der Waals surface area contributed by atoms with Gasteiger partial charge in [0, 0.05) is 12.2 Å². The molecule has 20 heavy (non-hydrogen) atoms. The van der Waals surface area contributed by atoms with Crippen LogP contribution in [0.2, 0.25) is 0 Å². The van der Waals surface area contributed by atoms with E-state index < -0.39 is 0 Å². The summed E-state index contributed by atoms with van der Waals surface area (Å²) in [5.74, 6) is 0. The highest BCUT2D eigenvalue weighted by Crippen LogP contribution is 2.19. The quantitative estimate of drug-likeness (QED) is 0.776. The van der Waals surface area contributed by atoms with E-state index in [1.54, 1.807) is 6.20 Å². The first-order valence-electron chi connectivity index (χ1n) is 7.15. The van der Waals surface area contributed by atoms with Gasteiger partial charge in [0.1, 0.15) is 0 Å². The third kappa shape index (κ3) is 3.96. The molecule has 1 fully saturated rings. The maximum absolute atomic E-state index is 11.9. The lowest BCUT2D eigenvalue weighted by Crippen LogP contribution is -2.40. The fourth-order valence-corrected chi connectivity index (χ4v) is 2.33. The number of hydrogen-bond donors (Lipinski definition) is 3. The molecule has 0 aromatic carbocycles. The number of nitrogens with one attached hydrogen (secondary N) is 2. The second-order valence-corrected chi connectivity index (χ2v) is 6.45. The van der Waals surface area contributed by atoms with Crippen LogP contribution in [-0.2, 0) is 5.54 Å². The minimum Gasteiger partial charge on any atom is -0.393 e. The van der Waals surface area contributed by atoms with Gasteiger partial charge in [0.2, 0.25) is 0 Å². The molecule has 1 aliphatic rings. The van der Waals surface area contributed by atoms with Crippen molar-refractivity contribution in [3.8, 4) is 0 Å². The molecule has 1 saturated carbocycles. The summed E-state index contributed by atoms with van der Waals surface area (Å²) in [6.07, 6.45) is 6.44. The molecule has 0 unspecified atom stereocenters. The average Bonchev–Trinajstić information content (AvgIpc) is 2.80. The van der Waals surface area contributed by atoms with Gasteiger partial charge in [0.05, 0.1) is 23.5 Å². The van der Waals surface area contributed by atoms with Crippen LogP contribution < -0.4 is 10.6 Å². The molecule has 112 valence electrons. The van der Waals surface area contributed by atoms with Crippen molar-refractivity contribution < 1.29 is 9.90 Å². The van der Waals surface area contributed by atoms with E-state index in [0.29, 0.717) is 5.69 Å². The zero-order valence-electron chi connectivity index (χ0n) is 12.4. The first kappa shape index (κ1) is 14.8. The van der Waals surface area contributed by atoms with Crippen molar-refractivity contribution >= 4 is 11.7 Å². The third-order valence-corrected chi connectivity index (χ3v) is 3.56. The van der Waals surface area contributed by atoms with Gasteiger partial charge in [0.25, 0.3) is 0 Å². The molecule has 3 N–H and O–H groups in total. The van der Waals surface area contributed by atoms with Crippen molar-refractivity contribution in [2.45, 2.75) is 64.1 Å². The number of aromatic nitrogens is 2. The van der Waals surface area contributed by atoms with Crippen LogP contribution in [0.3, 0.4) is 0 Å². The van der Waals surface area contributed by atoms with Crippen molar-refractivity contribution in [2.75, 3.05) is 5.32 Å². The van der Waals surface area contributed by atoms with Gasteiger partial charge in [-0.05, 0) is 46.5 Å². The average molecular weight is 280 g/mol. The topological polar surface area (TPSA) is 79.2 Å². The number of nitrogens with zero attached hydrogens (tertiary/aromatic N) is 2. The Balaban J connectivity index is 1.84. The Hall–Kier alpha value is -1.56. The normalized spacial score (nSPS) is 23.4. The molecule has 2 rings (SSSR count). The van der Waals surface area contributed by atoms with E-state index in [0.717, 1.165) is 25.7 Å². The van der Waals surface area contributed by atoms with Crippen molar-refractivity contribution in [3.05, 3.63) is 12.4 Å². The maximum atomic E-state index is 11.9. The second-order valence-electron chi connectivity index (χ2n) is 6.45. The van der Waals surface area contributed by atoms with Gasteiger partial charge in [-0.2, -0.15) is 5.10 Å². The van der Waals surface area contributed by atoms with Gasteiger partial charge < -0.3 is 15.7 Å². The SMILES string of the molecule is CC(C)(C)n1cc(NC(=O)NC2CCC(O)CC2)cn1. The zero-order chi connectivity index (χ0) is 14.8. The predicted octanol–water partition coefficient (Wildman–Crippen LogP) is 2.06. The number of aliphatic hydroxyl groups is 1. The molecule has 6 heteroatoms. The Kier molecular flexibility index (Phi) is 4.32. The number of urea groups is 1. The Morgan fingerprint density at radius 3 is 2.55 bits per heavy atom. The van der Waals surface area contributed by atoms with Crippen LogP contribution in [0.15, 0.2) is 12.4 Å². The third-order valence-electron chi connectivity index (χ3n) is 3.56. The van der Waals surface area contributed by atoms with Crippen LogP contribution in [0.4, 0.5) is 10.5 Å². The summed E-state index contributed by atoms with van der Waals surface area (Å²) in [5.41, 5.74) is 0.587. The molecule has 0 radical (unpaired) electrons. The Labute approximate surface area is 119 Å². The Bertz CT molecular complexity index is 456. The van der Waals surface area contributed by atoms with E-state index in [9.17, 15) is 9.90 Å². The van der Waals surface area contributed by atoms with Gasteiger partial charge in [-0.25, -0.2) is 4.79 Å². The van der Waals surface area contributed by atoms with E-state index in [2.05, 4.69) is 36.5 Å². The largest absolute Gasteiger partial charge is 0.393 e. The van der Waals surface area contributed by atoms with Gasteiger partial charge >= 0.3 is 6.03 Å². The highest BCUT2D eigenvalue weighted by Gasteiger charge is 2.21. The van der Waals surface area contributed by atoms with E-state index in [4.69, 9.17) is 0 Å². The number of aliphatic hydroxyl groups excluding tert-OH is 1. The van der Waals surface area contributed by atoms with Gasteiger partial charge in [-0.3, -0.25) is 4.68 Å². The van der Waals surface area contributed by atoms with Crippen LogP contribution in [0, 0.1) is 0 Å². The molecule has 6 nitrogen and oxygen atoms in total. The monoisotopic (exact) mass is 280 g/mol. The minimum atomic E-state index is -0.208. The molecule has 0 atom stereocenters. The number of rotatable bonds is 2. The van der Waals surface area contributed by atoms with Gasteiger partial charge in [0.15, 0.2) is 0 Å². The lowest BCUT2D eigenvalue weighted by atomic mass is 9.93. The van der Waals surface area contributed by atoms with E-state index in [1.165, 1.54) is 0 Å². The van der Waals surface area contributed by atoms with Crippen molar-refractivity contribution in [1.82, 2.24) is 15.1 Å². The Morgan fingerprint density at radius 2 is 2.00 bits per heavy atom. The lowest BCUT2D eigenvalue weighted by molar-refractivity contribution is 0.118. The smallest absolute Gasteiger partial charge is 0.319 e. The van der Waals surface area contributed by atoms with Crippen molar-refractivity contribution in [1.29, 1.82) is 0 Å². The summed E-state index contributed by atoms with van der Waals surface area (Å²) in [6, 6.07) is -0.0593. The second kappa shape index (κ2) is 5.83. The molecular formula is C14H24N4O2. The molecule has 0 saturated heterocycles. The first-order chi connectivity index (χ1) is 9.34. The molecule has 1 aromatic rings. The summed E-state index contributed by atoms with van der Waals surface area (Å²) in [5, 5.41) is 19.4. The highest BCUT2D eigenvalue weighted by atomic mass is 16.3. The van der Waals surface area contributed by atoms with Gasteiger partial charge in [-0.15, -0.1) is 0 Å². The van der Waals surface area contributed by atoms with Crippen molar-refractivity contribution in [2.24, 2.45) is 0 Å². The predicted molar refractivity (Wildman–Crippen MR) is 77.6 cm³/mol. The highest BCUT2D eigenvalue weighted by molar-refractivity contribution is 5.89. The summed E-state index contributed by atoms with van der Waals surface area (Å²) < 4.78 is 1.82. The number of carbonyl (C=O) groups excluding carboxylic acids is 1. The minimum absolute atomic E-state index is 0.101. The summed E-state index contributed by atoms with van der Waals surface area (Å²) in [6.45, 7) is 6.16. The van der Waals surface area contributed by atoms with Crippen LogP contribution in [0.1, 0.15) is 46.5 Å². The standard InChI is InChI=1S/C14H24N4O2/c1-14(2,3)18-9-11(8-15-18)17-13(20)16-10-4-6-12(19)7-5-10/h8-10,12,19H,4-7H2,1-3H3,(H2,16,17,20). The fraction of sp³-hybridized carbons (Fsp3) is 0.714. The van der Waals surface area contributed by atoms with E-state index >= 15 is 0 Å². The summed E-state index contributed by atoms with van der Waals surface area (Å²) in [7, 11) is 0. The molecule has 1 aromatic heterocycles. The molecule has 0 aliphatic heterocycles. The lowest BCUT2D eigenvalue weighted by Gasteiger charge is -2.26. The number of anilines is 1. The maximum Gasteiger partial charge on any atom is 0.319 e. The molecule has 1 heterocycles. The number of amides is 2. The number of carbonyl (C=O) groups is 1. The van der Waals surface area contributed by atoms with Gasteiger partial charge in [-0.1, -0.05) is 0 Å².